The molecule has 0 bridgehead atoms. The Morgan fingerprint density at radius 3 is 2.27 bits per heavy atom. The first-order chi connectivity index (χ1) is 10.0. The fourth-order valence-corrected chi connectivity index (χ4v) is 2.39. The number of halogens is 1. The zero-order valence-electron chi connectivity index (χ0n) is 12.3. The third-order valence-corrected chi connectivity index (χ3v) is 3.60. The molecule has 1 aromatic carbocycles. The number of amides is 2. The van der Waals surface area contributed by atoms with Gasteiger partial charge in [-0.15, -0.1) is 12.4 Å². The molecule has 0 radical (unpaired) electrons. The third kappa shape index (κ3) is 5.54. The molecule has 22 heavy (non-hydrogen) atoms. The molecule has 1 aromatic rings. The lowest BCUT2D eigenvalue weighted by Gasteiger charge is -2.26. The largest absolute Gasteiger partial charge is 0.484 e. The summed E-state index contributed by atoms with van der Waals surface area (Å²) in [7, 11) is 0. The summed E-state index contributed by atoms with van der Waals surface area (Å²) in [5.74, 6) is -0.127. The van der Waals surface area contributed by atoms with E-state index in [0.29, 0.717) is 11.3 Å². The number of carbonyl (C=O) groups excluding carboxylic acids is 2. The van der Waals surface area contributed by atoms with E-state index in [-0.39, 0.29) is 37.0 Å². The van der Waals surface area contributed by atoms with Gasteiger partial charge in [0.1, 0.15) is 5.75 Å². The summed E-state index contributed by atoms with van der Waals surface area (Å²) in [6, 6.07) is 7.09. The summed E-state index contributed by atoms with van der Waals surface area (Å²) in [6.45, 7) is -0.173. The van der Waals surface area contributed by atoms with Crippen LogP contribution in [0.25, 0.3) is 0 Å². The van der Waals surface area contributed by atoms with Crippen molar-refractivity contribution >= 4 is 24.2 Å². The lowest BCUT2D eigenvalue weighted by Crippen LogP contribution is -2.40. The van der Waals surface area contributed by atoms with Crippen molar-refractivity contribution in [2.24, 2.45) is 11.5 Å². The highest BCUT2D eigenvalue weighted by Crippen LogP contribution is 2.18. The Morgan fingerprint density at radius 2 is 1.73 bits per heavy atom. The van der Waals surface area contributed by atoms with E-state index in [4.69, 9.17) is 16.2 Å². The molecule has 7 heteroatoms. The Kier molecular flexibility index (Phi) is 7.14. The van der Waals surface area contributed by atoms with E-state index in [9.17, 15) is 9.59 Å². The minimum Gasteiger partial charge on any atom is -0.484 e. The molecule has 0 unspecified atom stereocenters. The molecule has 1 aliphatic rings. The zero-order chi connectivity index (χ0) is 15.2. The second kappa shape index (κ2) is 8.60. The summed E-state index contributed by atoms with van der Waals surface area (Å²) < 4.78 is 5.14. The average Bonchev–Trinajstić information content (AvgIpc) is 2.48. The Balaban J connectivity index is 0.00000242. The highest BCUT2D eigenvalue weighted by atomic mass is 35.5. The van der Waals surface area contributed by atoms with E-state index in [2.05, 4.69) is 5.32 Å². The molecule has 122 valence electrons. The molecule has 1 fully saturated rings. The van der Waals surface area contributed by atoms with Crippen molar-refractivity contribution in [3.8, 4) is 5.75 Å². The molecule has 2 rings (SSSR count). The van der Waals surface area contributed by atoms with Gasteiger partial charge in [0, 0.05) is 17.6 Å². The molecule has 5 N–H and O–H groups in total. The van der Waals surface area contributed by atoms with Crippen LogP contribution < -0.4 is 21.5 Å². The van der Waals surface area contributed by atoms with Gasteiger partial charge in [0.15, 0.2) is 6.61 Å². The Labute approximate surface area is 136 Å². The fourth-order valence-electron chi connectivity index (χ4n) is 2.39. The highest BCUT2D eigenvalue weighted by Gasteiger charge is 2.20. The van der Waals surface area contributed by atoms with Crippen LogP contribution in [0.1, 0.15) is 36.0 Å². The number of carbonyl (C=O) groups is 2. The predicted octanol–water partition coefficient (Wildman–Crippen LogP) is 0.972. The summed E-state index contributed by atoms with van der Waals surface area (Å²) in [5.41, 5.74) is 11.4. The van der Waals surface area contributed by atoms with Gasteiger partial charge in [-0.2, -0.15) is 0 Å². The van der Waals surface area contributed by atoms with Crippen LogP contribution in [0, 0.1) is 0 Å². The molecule has 0 spiro atoms. The second-order valence-corrected chi connectivity index (χ2v) is 5.36. The smallest absolute Gasteiger partial charge is 0.255 e. The molecule has 6 nitrogen and oxygen atoms in total. The first-order valence-corrected chi connectivity index (χ1v) is 7.12. The summed E-state index contributed by atoms with van der Waals surface area (Å²) in [4.78, 5) is 22.7. The van der Waals surface area contributed by atoms with Crippen molar-refractivity contribution < 1.29 is 14.3 Å². The number of nitrogens with two attached hydrogens (primary N) is 2. The van der Waals surface area contributed by atoms with Crippen molar-refractivity contribution in [3.63, 3.8) is 0 Å². The minimum absolute atomic E-state index is 0. The van der Waals surface area contributed by atoms with Crippen LogP contribution >= 0.6 is 12.4 Å². The number of rotatable bonds is 5. The highest BCUT2D eigenvalue weighted by molar-refractivity contribution is 5.94. The van der Waals surface area contributed by atoms with Crippen LogP contribution in [0.2, 0.25) is 0 Å². The summed E-state index contributed by atoms with van der Waals surface area (Å²) >= 11 is 0. The molecule has 2 amide bonds. The molecule has 0 heterocycles. The van der Waals surface area contributed by atoms with Crippen molar-refractivity contribution in [1.29, 1.82) is 0 Å². The standard InChI is InChI=1S/C15H21N3O3.ClH/c16-11-3-5-12(6-4-11)18-15(20)10-1-7-13(8-2-10)21-9-14(17)19;/h1-2,7-8,11-12H,3-6,9,16H2,(H2,17,19)(H,18,20);1H. The van der Waals surface area contributed by atoms with Crippen LogP contribution in [0.5, 0.6) is 5.75 Å². The molecular weight excluding hydrogens is 306 g/mol. The quantitative estimate of drug-likeness (QED) is 0.749. The van der Waals surface area contributed by atoms with Gasteiger partial charge in [0.25, 0.3) is 11.8 Å². The monoisotopic (exact) mass is 327 g/mol. The number of benzene rings is 1. The van der Waals surface area contributed by atoms with Crippen molar-refractivity contribution in [2.45, 2.75) is 37.8 Å². The molecule has 0 atom stereocenters. The maximum atomic E-state index is 12.1. The van der Waals surface area contributed by atoms with E-state index >= 15 is 0 Å². The van der Waals surface area contributed by atoms with Gasteiger partial charge in [0.2, 0.25) is 0 Å². The average molecular weight is 328 g/mol. The third-order valence-electron chi connectivity index (χ3n) is 3.60. The Hall–Kier alpha value is -1.79. The maximum absolute atomic E-state index is 12.1. The first kappa shape index (κ1) is 18.3. The van der Waals surface area contributed by atoms with Crippen molar-refractivity contribution in [2.75, 3.05) is 6.61 Å². The Bertz CT molecular complexity index is 499. The molecule has 1 aliphatic carbocycles. The molecule has 0 saturated heterocycles. The lowest BCUT2D eigenvalue weighted by atomic mass is 9.91. The zero-order valence-corrected chi connectivity index (χ0v) is 13.1. The first-order valence-electron chi connectivity index (χ1n) is 7.12. The van der Waals surface area contributed by atoms with Crippen molar-refractivity contribution in [1.82, 2.24) is 5.32 Å². The molecule has 0 aliphatic heterocycles. The Morgan fingerprint density at radius 1 is 1.14 bits per heavy atom. The van der Waals surface area contributed by atoms with E-state index < -0.39 is 5.91 Å². The van der Waals surface area contributed by atoms with Gasteiger partial charge in [0.05, 0.1) is 0 Å². The predicted molar refractivity (Wildman–Crippen MR) is 86.1 cm³/mol. The van der Waals surface area contributed by atoms with E-state index in [1.165, 1.54) is 0 Å². The molecular formula is C15H22ClN3O3. The van der Waals surface area contributed by atoms with Gasteiger partial charge in [-0.25, -0.2) is 0 Å². The maximum Gasteiger partial charge on any atom is 0.255 e. The van der Waals surface area contributed by atoms with Gasteiger partial charge >= 0.3 is 0 Å². The second-order valence-electron chi connectivity index (χ2n) is 5.36. The lowest BCUT2D eigenvalue weighted by molar-refractivity contribution is -0.119. The van der Waals surface area contributed by atoms with Crippen LogP contribution in [0.15, 0.2) is 24.3 Å². The van der Waals surface area contributed by atoms with E-state index in [1.807, 2.05) is 0 Å². The van der Waals surface area contributed by atoms with Crippen molar-refractivity contribution in [3.05, 3.63) is 29.8 Å². The summed E-state index contributed by atoms with van der Waals surface area (Å²) in [5, 5.41) is 3.02. The SMILES string of the molecule is Cl.NC(=O)COc1ccc(C(=O)NC2CCC(N)CC2)cc1. The van der Waals surface area contributed by atoms with E-state index in [0.717, 1.165) is 25.7 Å². The van der Waals surface area contributed by atoms with E-state index in [1.54, 1.807) is 24.3 Å². The molecule has 1 saturated carbocycles. The number of primary amides is 1. The number of ether oxygens (including phenoxy) is 1. The van der Waals surface area contributed by atoms with Gasteiger partial charge in [-0.05, 0) is 49.9 Å². The van der Waals surface area contributed by atoms with Crippen LogP contribution in [-0.2, 0) is 4.79 Å². The normalized spacial score (nSPS) is 20.6. The topological polar surface area (TPSA) is 107 Å². The summed E-state index contributed by atoms with van der Waals surface area (Å²) in [6.07, 6.45) is 3.75. The minimum atomic E-state index is -0.535. The van der Waals surface area contributed by atoms with Crippen LogP contribution in [0.3, 0.4) is 0 Å². The number of nitrogens with one attached hydrogen (secondary N) is 1. The fraction of sp³-hybridized carbons (Fsp3) is 0.467. The van der Waals surface area contributed by atoms with Gasteiger partial charge < -0.3 is 21.5 Å². The van der Waals surface area contributed by atoms with Gasteiger partial charge in [-0.1, -0.05) is 0 Å². The number of hydrogen-bond donors (Lipinski definition) is 3. The number of hydrogen-bond acceptors (Lipinski definition) is 4. The van der Waals surface area contributed by atoms with Crippen LogP contribution in [-0.4, -0.2) is 30.5 Å². The van der Waals surface area contributed by atoms with Gasteiger partial charge in [-0.3, -0.25) is 9.59 Å². The molecule has 0 aromatic heterocycles. The van der Waals surface area contributed by atoms with Crippen LogP contribution in [0.4, 0.5) is 0 Å².